The predicted octanol–water partition coefficient (Wildman–Crippen LogP) is 3.47. The molecular weight excluding hydrogens is 290 g/mol. The van der Waals surface area contributed by atoms with E-state index in [0.29, 0.717) is 0 Å². The average Bonchev–Trinajstić information content (AvgIpc) is 2.40. The second kappa shape index (κ2) is 6.09. The van der Waals surface area contributed by atoms with Crippen molar-refractivity contribution >= 4 is 26.8 Å². The van der Waals surface area contributed by atoms with E-state index >= 15 is 0 Å². The summed E-state index contributed by atoms with van der Waals surface area (Å²) in [5, 5.41) is 1.12. The van der Waals surface area contributed by atoms with Crippen molar-refractivity contribution in [3.05, 3.63) is 53.2 Å². The first-order valence-corrected chi connectivity index (χ1v) is 6.67. The molecule has 0 saturated carbocycles. The number of hydrazine groups is 1. The van der Waals surface area contributed by atoms with Gasteiger partial charge in [-0.15, -0.1) is 6.58 Å². The van der Waals surface area contributed by atoms with Crippen LogP contribution in [-0.4, -0.2) is 4.98 Å². The number of pyridine rings is 1. The highest BCUT2D eigenvalue weighted by molar-refractivity contribution is 9.10. The van der Waals surface area contributed by atoms with E-state index in [1.165, 1.54) is 0 Å². The molecule has 3 N–H and O–H groups in total. The predicted molar refractivity (Wildman–Crippen MR) is 78.9 cm³/mol. The molecule has 0 amide bonds. The topological polar surface area (TPSA) is 50.9 Å². The van der Waals surface area contributed by atoms with Gasteiger partial charge in [-0.1, -0.05) is 24.3 Å². The Morgan fingerprint density at radius 1 is 1.44 bits per heavy atom. The summed E-state index contributed by atoms with van der Waals surface area (Å²) in [6, 6.07) is 10.2. The van der Waals surface area contributed by atoms with Gasteiger partial charge in [-0.05, 0) is 40.9 Å². The molecular formula is C14H16BrN3. The Kier molecular flexibility index (Phi) is 4.47. The van der Waals surface area contributed by atoms with Gasteiger partial charge in [0.1, 0.15) is 0 Å². The number of nitrogens with two attached hydrogens (primary N) is 1. The second-order valence-corrected chi connectivity index (χ2v) is 4.99. The molecule has 1 unspecified atom stereocenters. The Morgan fingerprint density at radius 2 is 2.22 bits per heavy atom. The SMILES string of the molecule is C=CCCC(NN)c1nc2ccccc2cc1Br. The van der Waals surface area contributed by atoms with Crippen molar-refractivity contribution in [1.82, 2.24) is 10.4 Å². The zero-order chi connectivity index (χ0) is 13.0. The highest BCUT2D eigenvalue weighted by Gasteiger charge is 2.14. The van der Waals surface area contributed by atoms with Gasteiger partial charge in [-0.25, -0.2) is 4.98 Å². The number of hydrogen-bond donors (Lipinski definition) is 2. The number of allylic oxidation sites excluding steroid dienone is 1. The zero-order valence-corrected chi connectivity index (χ0v) is 11.7. The van der Waals surface area contributed by atoms with Crippen LogP contribution >= 0.6 is 15.9 Å². The minimum Gasteiger partial charge on any atom is -0.271 e. The maximum atomic E-state index is 5.61. The maximum absolute atomic E-state index is 5.61. The van der Waals surface area contributed by atoms with Crippen molar-refractivity contribution in [2.45, 2.75) is 18.9 Å². The Morgan fingerprint density at radius 3 is 2.94 bits per heavy atom. The first-order chi connectivity index (χ1) is 8.76. The van der Waals surface area contributed by atoms with Crippen LogP contribution in [0, 0.1) is 0 Å². The van der Waals surface area contributed by atoms with Gasteiger partial charge >= 0.3 is 0 Å². The van der Waals surface area contributed by atoms with Crippen molar-refractivity contribution in [3.63, 3.8) is 0 Å². The van der Waals surface area contributed by atoms with Crippen LogP contribution in [0.15, 0.2) is 47.5 Å². The van der Waals surface area contributed by atoms with Crippen LogP contribution in [0.3, 0.4) is 0 Å². The lowest BCUT2D eigenvalue weighted by Crippen LogP contribution is -2.28. The number of hydrogen-bond acceptors (Lipinski definition) is 3. The van der Waals surface area contributed by atoms with Crippen molar-refractivity contribution < 1.29 is 0 Å². The molecule has 0 aliphatic rings. The molecule has 2 rings (SSSR count). The van der Waals surface area contributed by atoms with E-state index in [0.717, 1.165) is 33.9 Å². The lowest BCUT2D eigenvalue weighted by Gasteiger charge is -2.16. The normalized spacial score (nSPS) is 12.6. The van der Waals surface area contributed by atoms with Gasteiger partial charge < -0.3 is 0 Å². The highest BCUT2D eigenvalue weighted by atomic mass is 79.9. The van der Waals surface area contributed by atoms with E-state index < -0.39 is 0 Å². The van der Waals surface area contributed by atoms with Crippen LogP contribution in [0.4, 0.5) is 0 Å². The average molecular weight is 306 g/mol. The number of para-hydroxylation sites is 1. The summed E-state index contributed by atoms with van der Waals surface area (Å²) < 4.78 is 0.980. The van der Waals surface area contributed by atoms with Crippen molar-refractivity contribution in [1.29, 1.82) is 0 Å². The largest absolute Gasteiger partial charge is 0.271 e. The Bertz CT molecular complexity index is 554. The maximum Gasteiger partial charge on any atom is 0.0736 e. The Labute approximate surface area is 115 Å². The molecule has 4 heteroatoms. The molecule has 0 spiro atoms. The summed E-state index contributed by atoms with van der Waals surface area (Å²) in [5.41, 5.74) is 4.74. The van der Waals surface area contributed by atoms with Gasteiger partial charge in [-0.2, -0.15) is 0 Å². The van der Waals surface area contributed by atoms with Crippen molar-refractivity contribution in [3.8, 4) is 0 Å². The standard InChI is InChI=1S/C14H16BrN3/c1-2-3-7-13(18-16)14-11(15)9-10-6-4-5-8-12(10)17-14/h2,4-6,8-9,13,18H,1,3,7,16H2. The third-order valence-electron chi connectivity index (χ3n) is 2.90. The van der Waals surface area contributed by atoms with Crippen LogP contribution in [0.5, 0.6) is 0 Å². The second-order valence-electron chi connectivity index (χ2n) is 4.13. The van der Waals surface area contributed by atoms with Crippen molar-refractivity contribution in [2.24, 2.45) is 5.84 Å². The summed E-state index contributed by atoms with van der Waals surface area (Å²) in [6.07, 6.45) is 3.67. The zero-order valence-electron chi connectivity index (χ0n) is 10.1. The number of halogens is 1. The molecule has 3 nitrogen and oxygen atoms in total. The van der Waals surface area contributed by atoms with Gasteiger partial charge in [0.25, 0.3) is 0 Å². The molecule has 0 saturated heterocycles. The number of aromatic nitrogens is 1. The quantitative estimate of drug-likeness (QED) is 0.505. The number of nitrogens with one attached hydrogen (secondary N) is 1. The lowest BCUT2D eigenvalue weighted by molar-refractivity contribution is 0.508. The van der Waals surface area contributed by atoms with Gasteiger partial charge in [0.15, 0.2) is 0 Å². The minimum atomic E-state index is 0.0296. The molecule has 18 heavy (non-hydrogen) atoms. The molecule has 0 bridgehead atoms. The molecule has 2 aromatic rings. The molecule has 1 aromatic heterocycles. The Balaban J connectivity index is 2.42. The van der Waals surface area contributed by atoms with Crippen LogP contribution in [-0.2, 0) is 0 Å². The van der Waals surface area contributed by atoms with Gasteiger partial charge in [0.05, 0.1) is 17.3 Å². The van der Waals surface area contributed by atoms with Crippen LogP contribution in [0.25, 0.3) is 10.9 Å². The summed E-state index contributed by atoms with van der Waals surface area (Å²) in [4.78, 5) is 4.68. The molecule has 94 valence electrons. The summed E-state index contributed by atoms with van der Waals surface area (Å²) in [7, 11) is 0. The molecule has 0 aliphatic heterocycles. The third-order valence-corrected chi connectivity index (χ3v) is 3.53. The fourth-order valence-corrected chi connectivity index (χ4v) is 2.54. The minimum absolute atomic E-state index is 0.0296. The van der Waals surface area contributed by atoms with Gasteiger partial charge in [0.2, 0.25) is 0 Å². The first kappa shape index (κ1) is 13.2. The van der Waals surface area contributed by atoms with Crippen LogP contribution in [0.1, 0.15) is 24.6 Å². The highest BCUT2D eigenvalue weighted by Crippen LogP contribution is 2.27. The smallest absolute Gasteiger partial charge is 0.0736 e. The molecule has 0 aliphatic carbocycles. The van der Waals surface area contributed by atoms with Crippen LogP contribution < -0.4 is 11.3 Å². The molecule has 1 atom stereocenters. The third kappa shape index (κ3) is 2.77. The molecule has 1 aromatic carbocycles. The summed E-state index contributed by atoms with van der Waals surface area (Å²) in [6.45, 7) is 3.73. The van der Waals surface area contributed by atoms with Gasteiger partial charge in [-0.3, -0.25) is 11.3 Å². The van der Waals surface area contributed by atoms with E-state index in [9.17, 15) is 0 Å². The fourth-order valence-electron chi connectivity index (χ4n) is 1.93. The van der Waals surface area contributed by atoms with E-state index in [4.69, 9.17) is 5.84 Å². The number of benzene rings is 1. The van der Waals surface area contributed by atoms with E-state index in [1.807, 2.05) is 30.3 Å². The van der Waals surface area contributed by atoms with Crippen LogP contribution in [0.2, 0.25) is 0 Å². The number of fused-ring (bicyclic) bond motifs is 1. The molecule has 0 fully saturated rings. The summed E-state index contributed by atoms with van der Waals surface area (Å²) in [5.74, 6) is 5.61. The van der Waals surface area contributed by atoms with Gasteiger partial charge in [0, 0.05) is 9.86 Å². The lowest BCUT2D eigenvalue weighted by atomic mass is 10.1. The molecule has 1 heterocycles. The Hall–Kier alpha value is -1.23. The monoisotopic (exact) mass is 305 g/mol. The molecule has 0 radical (unpaired) electrons. The van der Waals surface area contributed by atoms with E-state index in [-0.39, 0.29) is 6.04 Å². The number of nitrogens with zero attached hydrogens (tertiary/aromatic N) is 1. The van der Waals surface area contributed by atoms with E-state index in [1.54, 1.807) is 0 Å². The fraction of sp³-hybridized carbons (Fsp3) is 0.214. The number of rotatable bonds is 5. The van der Waals surface area contributed by atoms with E-state index in [2.05, 4.69) is 39.0 Å². The van der Waals surface area contributed by atoms with Crippen molar-refractivity contribution in [2.75, 3.05) is 0 Å². The first-order valence-electron chi connectivity index (χ1n) is 5.88. The summed E-state index contributed by atoms with van der Waals surface area (Å²) >= 11 is 3.57.